The van der Waals surface area contributed by atoms with Gasteiger partial charge < -0.3 is 19.4 Å². The minimum atomic E-state index is -0.432. The number of benzene rings is 1. The summed E-state index contributed by atoms with van der Waals surface area (Å²) in [6.45, 7) is 3.71. The van der Waals surface area contributed by atoms with E-state index in [1.54, 1.807) is 30.3 Å². The van der Waals surface area contributed by atoms with Crippen molar-refractivity contribution in [1.82, 2.24) is 15.0 Å². The maximum atomic E-state index is 11.2. The number of nitrogens with zero attached hydrogens (tertiary/aromatic N) is 4. The Labute approximate surface area is 188 Å². The van der Waals surface area contributed by atoms with Crippen molar-refractivity contribution in [1.29, 1.82) is 0 Å². The molecule has 0 aliphatic carbocycles. The predicted octanol–water partition coefficient (Wildman–Crippen LogP) is 2.89. The van der Waals surface area contributed by atoms with Crippen LogP contribution in [0.15, 0.2) is 53.8 Å². The van der Waals surface area contributed by atoms with E-state index in [0.29, 0.717) is 12.1 Å². The van der Waals surface area contributed by atoms with Gasteiger partial charge in [0, 0.05) is 13.0 Å². The number of ether oxygens (including phenoxy) is 2. The summed E-state index contributed by atoms with van der Waals surface area (Å²) in [5, 5.41) is 22.1. The molecule has 0 bridgehead atoms. The normalized spacial score (nSPS) is 15.5. The molecule has 1 N–H and O–H groups in total. The van der Waals surface area contributed by atoms with Crippen LogP contribution in [0.25, 0.3) is 0 Å². The summed E-state index contributed by atoms with van der Waals surface area (Å²) in [7, 11) is 2.94. The molecule has 1 aromatic carbocycles. The summed E-state index contributed by atoms with van der Waals surface area (Å²) in [5.41, 5.74) is 1.71. The Hall–Kier alpha value is -3.04. The third kappa shape index (κ3) is 7.90. The quantitative estimate of drug-likeness (QED) is 0.219. The van der Waals surface area contributed by atoms with Crippen LogP contribution in [0.4, 0.5) is 0 Å². The highest BCUT2D eigenvalue weighted by Crippen LogP contribution is 2.18. The van der Waals surface area contributed by atoms with E-state index in [1.165, 1.54) is 7.11 Å². The minimum absolute atomic E-state index is 0.0171. The predicted molar refractivity (Wildman–Crippen MR) is 120 cm³/mol. The van der Waals surface area contributed by atoms with E-state index in [1.807, 2.05) is 50.3 Å². The maximum absolute atomic E-state index is 11.2. The molecule has 0 spiro atoms. The minimum Gasteiger partial charge on any atom is -0.469 e. The van der Waals surface area contributed by atoms with E-state index in [-0.39, 0.29) is 37.1 Å². The second-order valence-corrected chi connectivity index (χ2v) is 7.42. The van der Waals surface area contributed by atoms with Crippen molar-refractivity contribution >= 4 is 12.2 Å². The van der Waals surface area contributed by atoms with E-state index in [9.17, 15) is 9.90 Å². The number of aliphatic hydroxyl groups is 1. The first-order chi connectivity index (χ1) is 15.5. The van der Waals surface area contributed by atoms with Gasteiger partial charge in [0.25, 0.3) is 0 Å². The largest absolute Gasteiger partial charge is 0.469 e. The molecule has 2 aromatic rings. The molecule has 1 aromatic heterocycles. The van der Waals surface area contributed by atoms with Gasteiger partial charge in [0.1, 0.15) is 11.8 Å². The van der Waals surface area contributed by atoms with Crippen molar-refractivity contribution in [3.63, 3.8) is 0 Å². The first-order valence-electron chi connectivity index (χ1n) is 10.5. The highest BCUT2D eigenvalue weighted by atomic mass is 16.6. The van der Waals surface area contributed by atoms with Crippen molar-refractivity contribution in [2.45, 2.75) is 44.9 Å². The van der Waals surface area contributed by atoms with Crippen LogP contribution < -0.4 is 0 Å². The lowest BCUT2D eigenvalue weighted by Gasteiger charge is -2.15. The summed E-state index contributed by atoms with van der Waals surface area (Å²) >= 11 is 0. The molecule has 0 radical (unpaired) electrons. The molecule has 0 unspecified atom stereocenters. The van der Waals surface area contributed by atoms with Crippen LogP contribution in [-0.2, 0) is 25.5 Å². The van der Waals surface area contributed by atoms with Gasteiger partial charge in [0.2, 0.25) is 0 Å². The zero-order valence-corrected chi connectivity index (χ0v) is 19.0. The topological polar surface area (TPSA) is 108 Å². The summed E-state index contributed by atoms with van der Waals surface area (Å²) in [4.78, 5) is 16.7. The van der Waals surface area contributed by atoms with Gasteiger partial charge in [0.15, 0.2) is 6.10 Å². The maximum Gasteiger partial charge on any atom is 0.309 e. The van der Waals surface area contributed by atoms with Crippen LogP contribution in [0.2, 0.25) is 0 Å². The molecule has 0 saturated carbocycles. The molecule has 9 nitrogen and oxygen atoms in total. The van der Waals surface area contributed by atoms with Gasteiger partial charge in [-0.3, -0.25) is 4.79 Å². The zero-order chi connectivity index (χ0) is 23.3. The summed E-state index contributed by atoms with van der Waals surface area (Å²) in [5.74, 6) is -0.315. The Balaban J connectivity index is 1.91. The van der Waals surface area contributed by atoms with Gasteiger partial charge in [-0.05, 0) is 18.9 Å². The Kier molecular flexibility index (Phi) is 10.6. The molecule has 174 valence electrons. The van der Waals surface area contributed by atoms with Crippen molar-refractivity contribution in [2.24, 2.45) is 11.1 Å². The molecule has 9 heteroatoms. The van der Waals surface area contributed by atoms with Crippen LogP contribution in [0.5, 0.6) is 0 Å². The lowest BCUT2D eigenvalue weighted by Crippen LogP contribution is -2.20. The fourth-order valence-corrected chi connectivity index (χ4v) is 3.01. The summed E-state index contributed by atoms with van der Waals surface area (Å²) in [6, 6.07) is 9.70. The molecular formula is C23H32N4O5. The average Bonchev–Trinajstić information content (AvgIpc) is 3.30. The molecule has 1 heterocycles. The van der Waals surface area contributed by atoms with Gasteiger partial charge >= 0.3 is 5.97 Å². The molecule has 0 saturated heterocycles. The second kappa shape index (κ2) is 13.4. The van der Waals surface area contributed by atoms with Crippen molar-refractivity contribution in [3.8, 4) is 0 Å². The number of methoxy groups -OCH3 is 2. The van der Waals surface area contributed by atoms with Gasteiger partial charge in [-0.25, -0.2) is 4.68 Å². The van der Waals surface area contributed by atoms with E-state index in [4.69, 9.17) is 9.57 Å². The number of carbonyl (C=O) groups excluding carboxylic acids is 1. The number of oxime groups is 1. The molecule has 0 aliphatic heterocycles. The SMILES string of the molecule is COC(=O)C/C=C/[C@@H](C)[C@@H](/C=N\O[C@@H](C)c1cn([C@H](CO)Cc2ccccc2)nn1)OC. The van der Waals surface area contributed by atoms with E-state index < -0.39 is 6.10 Å². The summed E-state index contributed by atoms with van der Waals surface area (Å²) < 4.78 is 11.7. The van der Waals surface area contributed by atoms with Gasteiger partial charge in [0.05, 0.1) is 38.6 Å². The highest BCUT2D eigenvalue weighted by Gasteiger charge is 2.17. The number of aliphatic hydroxyl groups excluding tert-OH is 1. The lowest BCUT2D eigenvalue weighted by atomic mass is 10.0. The van der Waals surface area contributed by atoms with Gasteiger partial charge in [-0.2, -0.15) is 0 Å². The Bertz CT molecular complexity index is 868. The Morgan fingerprint density at radius 1 is 1.25 bits per heavy atom. The molecule has 0 fully saturated rings. The lowest BCUT2D eigenvalue weighted by molar-refractivity contribution is -0.139. The number of esters is 1. The smallest absolute Gasteiger partial charge is 0.309 e. The molecule has 32 heavy (non-hydrogen) atoms. The second-order valence-electron chi connectivity index (χ2n) is 7.42. The highest BCUT2D eigenvalue weighted by molar-refractivity contribution is 5.71. The fourth-order valence-electron chi connectivity index (χ4n) is 3.01. The van der Waals surface area contributed by atoms with Gasteiger partial charge in [-0.15, -0.1) is 5.10 Å². The molecule has 0 aliphatic rings. The van der Waals surface area contributed by atoms with E-state index in [0.717, 1.165) is 5.56 Å². The number of aromatic nitrogens is 3. The fraction of sp³-hybridized carbons (Fsp3) is 0.478. The standard InChI is InChI=1S/C23H32N4O5/c1-17(9-8-12-23(29)31-4)22(30-3)14-24-32-18(2)21-15-27(26-25-21)20(16-28)13-19-10-6-5-7-11-19/h5-11,14-15,17-18,20,22,28H,12-13,16H2,1-4H3/b9-8+,24-14-/t17-,18+,20+,22-/m1/s1. The number of rotatable bonds is 13. The van der Waals surface area contributed by atoms with Crippen LogP contribution >= 0.6 is 0 Å². The molecule has 2 rings (SSSR count). The third-order valence-electron chi connectivity index (χ3n) is 5.01. The average molecular weight is 445 g/mol. The monoisotopic (exact) mass is 444 g/mol. The number of hydrogen-bond donors (Lipinski definition) is 1. The zero-order valence-electron chi connectivity index (χ0n) is 19.0. The van der Waals surface area contributed by atoms with Crippen LogP contribution in [0, 0.1) is 5.92 Å². The van der Waals surface area contributed by atoms with E-state index in [2.05, 4.69) is 20.2 Å². The van der Waals surface area contributed by atoms with Crippen molar-refractivity contribution in [2.75, 3.05) is 20.8 Å². The van der Waals surface area contributed by atoms with Crippen molar-refractivity contribution < 1.29 is 24.2 Å². The van der Waals surface area contributed by atoms with Crippen LogP contribution in [0.3, 0.4) is 0 Å². The molecule has 0 amide bonds. The van der Waals surface area contributed by atoms with Crippen molar-refractivity contribution in [3.05, 3.63) is 59.9 Å². The van der Waals surface area contributed by atoms with Crippen LogP contribution in [-0.4, -0.2) is 59.2 Å². The van der Waals surface area contributed by atoms with E-state index >= 15 is 0 Å². The molecular weight excluding hydrogens is 412 g/mol. The first-order valence-corrected chi connectivity index (χ1v) is 10.5. The van der Waals surface area contributed by atoms with Gasteiger partial charge in [-0.1, -0.05) is 59.8 Å². The number of hydrogen-bond acceptors (Lipinski definition) is 8. The third-order valence-corrected chi connectivity index (χ3v) is 5.01. The Morgan fingerprint density at radius 2 is 2.00 bits per heavy atom. The Morgan fingerprint density at radius 3 is 2.66 bits per heavy atom. The van der Waals surface area contributed by atoms with Crippen LogP contribution in [0.1, 0.15) is 43.7 Å². The first kappa shape index (κ1) is 25.2. The number of carbonyl (C=O) groups is 1. The summed E-state index contributed by atoms with van der Waals surface area (Å²) in [6.07, 6.45) is 7.03. The molecule has 4 atom stereocenters.